The van der Waals surface area contributed by atoms with E-state index in [2.05, 4.69) is 11.8 Å². The lowest BCUT2D eigenvalue weighted by atomic mass is 9.79. The average molecular weight is 253 g/mol. The Morgan fingerprint density at radius 1 is 1.39 bits per heavy atom. The zero-order valence-corrected chi connectivity index (χ0v) is 11.9. The zero-order chi connectivity index (χ0) is 13.0. The Kier molecular flexibility index (Phi) is 5.19. The molecule has 3 nitrogen and oxygen atoms in total. The van der Waals surface area contributed by atoms with Crippen molar-refractivity contribution in [3.05, 3.63) is 0 Å². The van der Waals surface area contributed by atoms with Gasteiger partial charge in [0, 0.05) is 32.5 Å². The van der Waals surface area contributed by atoms with Crippen molar-refractivity contribution in [2.45, 2.75) is 51.6 Å². The van der Waals surface area contributed by atoms with Crippen molar-refractivity contribution in [1.29, 1.82) is 0 Å². The fourth-order valence-corrected chi connectivity index (χ4v) is 3.43. The van der Waals surface area contributed by atoms with Crippen LogP contribution in [0.4, 0.5) is 0 Å². The van der Waals surface area contributed by atoms with Gasteiger partial charge in [0.1, 0.15) is 5.78 Å². The molecule has 1 heterocycles. The minimum absolute atomic E-state index is 0.291. The lowest BCUT2D eigenvalue weighted by molar-refractivity contribution is -0.126. The van der Waals surface area contributed by atoms with Crippen molar-refractivity contribution in [3.8, 4) is 0 Å². The number of likely N-dealkylation sites (tertiary alicyclic amines) is 1. The molecule has 1 saturated carbocycles. The number of hydrogen-bond donors (Lipinski definition) is 0. The summed E-state index contributed by atoms with van der Waals surface area (Å²) in [6.07, 6.45) is 7.02. The standard InChI is InChI=1S/C15H27NO2/c1-3-12-6-7-15(17)13(9-12)10-16-8-4-5-14(11-16)18-2/h12-14H,3-11H2,1-2H3. The number of carbonyl (C=O) groups excluding carboxylic acids is 1. The Hall–Kier alpha value is -0.410. The van der Waals surface area contributed by atoms with E-state index in [9.17, 15) is 4.79 Å². The second-order valence-electron chi connectivity index (χ2n) is 5.97. The smallest absolute Gasteiger partial charge is 0.137 e. The summed E-state index contributed by atoms with van der Waals surface area (Å²) in [7, 11) is 1.80. The number of ketones is 1. The highest BCUT2D eigenvalue weighted by Crippen LogP contribution is 2.29. The molecule has 0 radical (unpaired) electrons. The number of rotatable bonds is 4. The van der Waals surface area contributed by atoms with Gasteiger partial charge in [0.25, 0.3) is 0 Å². The van der Waals surface area contributed by atoms with Crippen molar-refractivity contribution in [2.24, 2.45) is 11.8 Å². The van der Waals surface area contributed by atoms with E-state index in [1.807, 2.05) is 0 Å². The Morgan fingerprint density at radius 2 is 2.22 bits per heavy atom. The first-order valence-corrected chi connectivity index (χ1v) is 7.50. The number of Topliss-reactive ketones (excluding diaryl/α,β-unsaturated/α-hetero) is 1. The summed E-state index contributed by atoms with van der Waals surface area (Å²) in [4.78, 5) is 14.5. The molecule has 104 valence electrons. The van der Waals surface area contributed by atoms with Crippen LogP contribution < -0.4 is 0 Å². The van der Waals surface area contributed by atoms with E-state index in [1.54, 1.807) is 7.11 Å². The molecule has 3 heteroatoms. The van der Waals surface area contributed by atoms with Gasteiger partial charge >= 0.3 is 0 Å². The minimum atomic E-state index is 0.291. The Morgan fingerprint density at radius 3 is 2.94 bits per heavy atom. The molecule has 1 aliphatic carbocycles. The third kappa shape index (κ3) is 3.55. The number of hydrogen-bond acceptors (Lipinski definition) is 3. The summed E-state index contributed by atoms with van der Waals surface area (Å²) >= 11 is 0. The molecule has 3 atom stereocenters. The van der Waals surface area contributed by atoms with Gasteiger partial charge in [0.2, 0.25) is 0 Å². The molecule has 0 spiro atoms. The second kappa shape index (κ2) is 6.67. The van der Waals surface area contributed by atoms with Gasteiger partial charge in [-0.05, 0) is 38.1 Å². The highest BCUT2D eigenvalue weighted by Gasteiger charge is 2.30. The van der Waals surface area contributed by atoms with Crippen LogP contribution >= 0.6 is 0 Å². The van der Waals surface area contributed by atoms with Crippen LogP contribution in [0.2, 0.25) is 0 Å². The summed E-state index contributed by atoms with van der Waals surface area (Å²) in [6.45, 7) is 5.37. The fraction of sp³-hybridized carbons (Fsp3) is 0.933. The predicted octanol–water partition coefficient (Wildman–Crippen LogP) is 2.49. The van der Waals surface area contributed by atoms with E-state index >= 15 is 0 Å². The molecule has 2 aliphatic rings. The molecule has 0 amide bonds. The van der Waals surface area contributed by atoms with E-state index in [4.69, 9.17) is 4.74 Å². The van der Waals surface area contributed by atoms with E-state index < -0.39 is 0 Å². The van der Waals surface area contributed by atoms with Gasteiger partial charge in [-0.1, -0.05) is 13.3 Å². The molecule has 1 aliphatic heterocycles. The van der Waals surface area contributed by atoms with Crippen molar-refractivity contribution >= 4 is 5.78 Å². The maximum absolute atomic E-state index is 12.0. The van der Waals surface area contributed by atoms with Crippen LogP contribution in [0.1, 0.15) is 45.4 Å². The molecular formula is C15H27NO2. The van der Waals surface area contributed by atoms with Crippen molar-refractivity contribution in [1.82, 2.24) is 4.90 Å². The number of nitrogens with zero attached hydrogens (tertiary/aromatic N) is 1. The first-order valence-electron chi connectivity index (χ1n) is 7.50. The molecule has 0 aromatic rings. The van der Waals surface area contributed by atoms with Gasteiger partial charge in [-0.3, -0.25) is 4.79 Å². The van der Waals surface area contributed by atoms with Crippen molar-refractivity contribution < 1.29 is 9.53 Å². The van der Waals surface area contributed by atoms with Crippen molar-refractivity contribution in [2.75, 3.05) is 26.7 Å². The highest BCUT2D eigenvalue weighted by molar-refractivity contribution is 5.81. The zero-order valence-electron chi connectivity index (χ0n) is 11.9. The molecular weight excluding hydrogens is 226 g/mol. The van der Waals surface area contributed by atoms with Gasteiger partial charge < -0.3 is 9.64 Å². The number of piperidine rings is 1. The lowest BCUT2D eigenvalue weighted by Crippen LogP contribution is -2.44. The highest BCUT2D eigenvalue weighted by atomic mass is 16.5. The summed E-state index contributed by atoms with van der Waals surface area (Å²) in [5, 5.41) is 0. The topological polar surface area (TPSA) is 29.5 Å². The summed E-state index contributed by atoms with van der Waals surface area (Å²) in [5.74, 6) is 1.56. The van der Waals surface area contributed by atoms with Gasteiger partial charge in [0.15, 0.2) is 0 Å². The van der Waals surface area contributed by atoms with Gasteiger partial charge in [0.05, 0.1) is 6.10 Å². The van der Waals surface area contributed by atoms with Crippen LogP contribution in [-0.2, 0) is 9.53 Å². The summed E-state index contributed by atoms with van der Waals surface area (Å²) in [5.41, 5.74) is 0. The average Bonchev–Trinajstić information content (AvgIpc) is 2.41. The summed E-state index contributed by atoms with van der Waals surface area (Å²) in [6, 6.07) is 0. The van der Waals surface area contributed by atoms with Crippen LogP contribution in [0.3, 0.4) is 0 Å². The Labute approximate surface area is 111 Å². The fourth-order valence-electron chi connectivity index (χ4n) is 3.43. The molecule has 0 aromatic heterocycles. The maximum atomic E-state index is 12.0. The second-order valence-corrected chi connectivity index (χ2v) is 5.97. The van der Waals surface area contributed by atoms with E-state index in [-0.39, 0.29) is 0 Å². The van der Waals surface area contributed by atoms with Crippen LogP contribution in [0.5, 0.6) is 0 Å². The van der Waals surface area contributed by atoms with Crippen molar-refractivity contribution in [3.63, 3.8) is 0 Å². The van der Waals surface area contributed by atoms with Gasteiger partial charge in [-0.2, -0.15) is 0 Å². The molecule has 1 saturated heterocycles. The molecule has 18 heavy (non-hydrogen) atoms. The molecule has 2 rings (SSSR count). The van der Waals surface area contributed by atoms with E-state index in [0.717, 1.165) is 44.8 Å². The lowest BCUT2D eigenvalue weighted by Gasteiger charge is -2.36. The Bertz CT molecular complexity index is 280. The molecule has 0 aromatic carbocycles. The van der Waals surface area contributed by atoms with Crippen LogP contribution in [0, 0.1) is 11.8 Å². The molecule has 0 N–H and O–H groups in total. The first-order chi connectivity index (χ1) is 8.72. The third-order valence-electron chi connectivity index (χ3n) is 4.72. The predicted molar refractivity (Wildman–Crippen MR) is 72.6 cm³/mol. The normalized spacial score (nSPS) is 34.8. The largest absolute Gasteiger partial charge is 0.380 e. The molecule has 3 unspecified atom stereocenters. The summed E-state index contributed by atoms with van der Waals surface area (Å²) < 4.78 is 5.45. The molecule has 2 fully saturated rings. The minimum Gasteiger partial charge on any atom is -0.380 e. The molecule has 0 bridgehead atoms. The first kappa shape index (κ1) is 14.0. The number of carbonyl (C=O) groups is 1. The van der Waals surface area contributed by atoms with Gasteiger partial charge in [-0.25, -0.2) is 0 Å². The van der Waals surface area contributed by atoms with E-state index in [1.165, 1.54) is 19.3 Å². The van der Waals surface area contributed by atoms with Crippen LogP contribution in [0.25, 0.3) is 0 Å². The number of ether oxygens (including phenoxy) is 1. The quantitative estimate of drug-likeness (QED) is 0.771. The van der Waals surface area contributed by atoms with E-state index in [0.29, 0.717) is 17.8 Å². The van der Waals surface area contributed by atoms with Crippen LogP contribution in [-0.4, -0.2) is 43.5 Å². The SMILES string of the molecule is CCC1CCC(=O)C(CN2CCCC(OC)C2)C1. The monoisotopic (exact) mass is 253 g/mol. The van der Waals surface area contributed by atoms with Crippen LogP contribution in [0.15, 0.2) is 0 Å². The Balaban J connectivity index is 1.85. The third-order valence-corrected chi connectivity index (χ3v) is 4.72. The number of methoxy groups -OCH3 is 1. The van der Waals surface area contributed by atoms with Gasteiger partial charge in [-0.15, -0.1) is 0 Å². The maximum Gasteiger partial charge on any atom is 0.137 e.